The van der Waals surface area contributed by atoms with Crippen molar-refractivity contribution in [3.63, 3.8) is 0 Å². The van der Waals surface area contributed by atoms with Crippen LogP contribution in [0.25, 0.3) is 0 Å². The smallest absolute Gasteiger partial charge is 0.241 e. The van der Waals surface area contributed by atoms with E-state index in [9.17, 15) is 4.79 Å². The summed E-state index contributed by atoms with van der Waals surface area (Å²) in [6.45, 7) is 3.15. The van der Waals surface area contributed by atoms with Crippen molar-refractivity contribution in [1.29, 1.82) is 0 Å². The molecule has 1 atom stereocenters. The summed E-state index contributed by atoms with van der Waals surface area (Å²) in [7, 11) is 0. The lowest BCUT2D eigenvalue weighted by atomic mass is 10.1. The van der Waals surface area contributed by atoms with Gasteiger partial charge in [-0.3, -0.25) is 9.48 Å². The number of rotatable bonds is 5. The molecule has 0 aliphatic carbocycles. The molecule has 0 saturated carbocycles. The zero-order valence-electron chi connectivity index (χ0n) is 10.9. The number of hydrogen-bond acceptors (Lipinski definition) is 3. The third-order valence-corrected chi connectivity index (χ3v) is 2.92. The Kier molecular flexibility index (Phi) is 4.30. The number of carbonyl (C=O) groups excluding carboxylic acids is 1. The van der Waals surface area contributed by atoms with E-state index in [4.69, 9.17) is 5.73 Å². The van der Waals surface area contributed by atoms with E-state index in [2.05, 4.69) is 10.4 Å². The average molecular weight is 258 g/mol. The molecule has 1 unspecified atom stereocenters. The summed E-state index contributed by atoms with van der Waals surface area (Å²) in [6.07, 6.45) is 3.56. The third kappa shape index (κ3) is 3.66. The molecule has 0 fully saturated rings. The van der Waals surface area contributed by atoms with Gasteiger partial charge < -0.3 is 11.1 Å². The lowest BCUT2D eigenvalue weighted by molar-refractivity contribution is -0.122. The van der Waals surface area contributed by atoms with Gasteiger partial charge in [-0.15, -0.1) is 0 Å². The molecule has 0 bridgehead atoms. The Morgan fingerprint density at radius 2 is 2.16 bits per heavy atom. The van der Waals surface area contributed by atoms with Crippen molar-refractivity contribution in [3.8, 4) is 0 Å². The molecule has 1 heterocycles. The minimum atomic E-state index is -0.627. The molecule has 0 saturated heterocycles. The van der Waals surface area contributed by atoms with Gasteiger partial charge in [0.1, 0.15) is 6.04 Å². The number of amides is 1. The zero-order valence-corrected chi connectivity index (χ0v) is 10.9. The van der Waals surface area contributed by atoms with E-state index < -0.39 is 6.04 Å². The number of hydrogen-bond donors (Lipinski definition) is 2. The van der Waals surface area contributed by atoms with Crippen LogP contribution in [-0.2, 0) is 11.3 Å². The summed E-state index contributed by atoms with van der Waals surface area (Å²) < 4.78 is 1.76. The molecule has 0 aliphatic rings. The highest BCUT2D eigenvalue weighted by Gasteiger charge is 2.14. The van der Waals surface area contributed by atoms with Gasteiger partial charge in [0.15, 0.2) is 0 Å². The van der Waals surface area contributed by atoms with E-state index in [0.717, 1.165) is 11.1 Å². The molecular formula is C14H18N4O. The van der Waals surface area contributed by atoms with Crippen LogP contribution >= 0.6 is 0 Å². The SMILES string of the molecule is Cc1ccc(C(N)C(=O)NCCn2cccn2)cc1. The van der Waals surface area contributed by atoms with Gasteiger partial charge in [0.2, 0.25) is 5.91 Å². The molecule has 1 amide bonds. The van der Waals surface area contributed by atoms with Crippen molar-refractivity contribution in [3.05, 3.63) is 53.9 Å². The van der Waals surface area contributed by atoms with Gasteiger partial charge in [-0.05, 0) is 18.6 Å². The van der Waals surface area contributed by atoms with E-state index in [0.29, 0.717) is 13.1 Å². The fourth-order valence-electron chi connectivity index (χ4n) is 1.76. The number of nitrogens with zero attached hydrogens (tertiary/aromatic N) is 2. The van der Waals surface area contributed by atoms with Crippen LogP contribution in [0.1, 0.15) is 17.2 Å². The van der Waals surface area contributed by atoms with Crippen molar-refractivity contribution in [2.75, 3.05) is 6.54 Å². The van der Waals surface area contributed by atoms with Crippen molar-refractivity contribution in [2.45, 2.75) is 19.5 Å². The van der Waals surface area contributed by atoms with Gasteiger partial charge in [-0.25, -0.2) is 0 Å². The maximum atomic E-state index is 11.9. The van der Waals surface area contributed by atoms with Crippen LogP contribution in [0.2, 0.25) is 0 Å². The molecule has 2 rings (SSSR count). The van der Waals surface area contributed by atoms with Crippen LogP contribution in [0.3, 0.4) is 0 Å². The molecule has 1 aromatic heterocycles. The van der Waals surface area contributed by atoms with Crippen molar-refractivity contribution in [1.82, 2.24) is 15.1 Å². The van der Waals surface area contributed by atoms with Crippen LogP contribution in [0.4, 0.5) is 0 Å². The second kappa shape index (κ2) is 6.15. The first-order chi connectivity index (χ1) is 9.16. The normalized spacial score (nSPS) is 12.1. The number of nitrogens with two attached hydrogens (primary N) is 1. The second-order valence-corrected chi connectivity index (χ2v) is 4.45. The van der Waals surface area contributed by atoms with Crippen LogP contribution in [-0.4, -0.2) is 22.2 Å². The first-order valence-corrected chi connectivity index (χ1v) is 6.24. The first-order valence-electron chi connectivity index (χ1n) is 6.24. The summed E-state index contributed by atoms with van der Waals surface area (Å²) in [5, 5.41) is 6.87. The predicted octanol–water partition coefficient (Wildman–Crippen LogP) is 1.01. The minimum Gasteiger partial charge on any atom is -0.353 e. The Balaban J connectivity index is 1.83. The van der Waals surface area contributed by atoms with Crippen LogP contribution < -0.4 is 11.1 Å². The van der Waals surface area contributed by atoms with Gasteiger partial charge in [0, 0.05) is 18.9 Å². The number of aryl methyl sites for hydroxylation is 1. The summed E-state index contributed by atoms with van der Waals surface area (Å²) in [6, 6.07) is 8.89. The second-order valence-electron chi connectivity index (χ2n) is 4.45. The molecule has 2 aromatic rings. The minimum absolute atomic E-state index is 0.170. The standard InChI is InChI=1S/C14H18N4O/c1-11-3-5-12(6-4-11)13(15)14(19)16-8-10-18-9-2-7-17-18/h2-7,9,13H,8,10,15H2,1H3,(H,16,19). The molecular weight excluding hydrogens is 240 g/mol. The monoisotopic (exact) mass is 258 g/mol. The average Bonchev–Trinajstić information content (AvgIpc) is 2.92. The van der Waals surface area contributed by atoms with Crippen molar-refractivity contribution >= 4 is 5.91 Å². The van der Waals surface area contributed by atoms with Gasteiger partial charge >= 0.3 is 0 Å². The molecule has 0 radical (unpaired) electrons. The summed E-state index contributed by atoms with van der Waals surface area (Å²) in [5.41, 5.74) is 7.88. The molecule has 5 nitrogen and oxygen atoms in total. The summed E-state index contributed by atoms with van der Waals surface area (Å²) in [5.74, 6) is -0.170. The summed E-state index contributed by atoms with van der Waals surface area (Å²) in [4.78, 5) is 11.9. The lowest BCUT2D eigenvalue weighted by Crippen LogP contribution is -2.35. The highest BCUT2D eigenvalue weighted by molar-refractivity contribution is 5.82. The van der Waals surface area contributed by atoms with E-state index >= 15 is 0 Å². The molecule has 19 heavy (non-hydrogen) atoms. The molecule has 5 heteroatoms. The molecule has 0 aliphatic heterocycles. The highest BCUT2D eigenvalue weighted by Crippen LogP contribution is 2.11. The molecule has 1 aromatic carbocycles. The van der Waals surface area contributed by atoms with E-state index in [1.54, 1.807) is 10.9 Å². The first kappa shape index (κ1) is 13.3. The Hall–Kier alpha value is -2.14. The van der Waals surface area contributed by atoms with Crippen LogP contribution in [0.15, 0.2) is 42.7 Å². The van der Waals surface area contributed by atoms with Crippen molar-refractivity contribution < 1.29 is 4.79 Å². The highest BCUT2D eigenvalue weighted by atomic mass is 16.2. The van der Waals surface area contributed by atoms with Gasteiger partial charge in [0.25, 0.3) is 0 Å². The number of aromatic nitrogens is 2. The van der Waals surface area contributed by atoms with Gasteiger partial charge in [-0.2, -0.15) is 5.10 Å². The Labute approximate surface area is 112 Å². The molecule has 0 spiro atoms. The largest absolute Gasteiger partial charge is 0.353 e. The zero-order chi connectivity index (χ0) is 13.7. The Morgan fingerprint density at radius 3 is 2.79 bits per heavy atom. The maximum absolute atomic E-state index is 11.9. The van der Waals surface area contributed by atoms with E-state index in [1.807, 2.05) is 43.5 Å². The number of benzene rings is 1. The van der Waals surface area contributed by atoms with E-state index in [-0.39, 0.29) is 5.91 Å². The quantitative estimate of drug-likeness (QED) is 0.840. The third-order valence-electron chi connectivity index (χ3n) is 2.92. The van der Waals surface area contributed by atoms with Crippen molar-refractivity contribution in [2.24, 2.45) is 5.73 Å². The van der Waals surface area contributed by atoms with Crippen LogP contribution in [0, 0.1) is 6.92 Å². The van der Waals surface area contributed by atoms with Crippen LogP contribution in [0.5, 0.6) is 0 Å². The van der Waals surface area contributed by atoms with Gasteiger partial charge in [-0.1, -0.05) is 29.8 Å². The number of nitrogens with one attached hydrogen (secondary N) is 1. The fourth-order valence-corrected chi connectivity index (χ4v) is 1.76. The lowest BCUT2D eigenvalue weighted by Gasteiger charge is -2.12. The number of carbonyl (C=O) groups is 1. The topological polar surface area (TPSA) is 72.9 Å². The molecule has 100 valence electrons. The Morgan fingerprint density at radius 1 is 1.42 bits per heavy atom. The predicted molar refractivity (Wildman–Crippen MR) is 73.3 cm³/mol. The van der Waals surface area contributed by atoms with E-state index in [1.165, 1.54) is 0 Å². The Bertz CT molecular complexity index is 519. The maximum Gasteiger partial charge on any atom is 0.241 e. The molecule has 3 N–H and O–H groups in total. The summed E-state index contributed by atoms with van der Waals surface area (Å²) >= 11 is 0. The fraction of sp³-hybridized carbons (Fsp3) is 0.286. The van der Waals surface area contributed by atoms with Gasteiger partial charge in [0.05, 0.1) is 6.54 Å².